The Kier molecular flexibility index (Phi) is 5.54. The molecule has 1 aromatic heterocycles. The van der Waals surface area contributed by atoms with Crippen LogP contribution in [0, 0.1) is 6.92 Å². The largest absolute Gasteiger partial charge is 0.472 e. The highest BCUT2D eigenvalue weighted by atomic mass is 16.3. The van der Waals surface area contributed by atoms with Crippen LogP contribution in [0.2, 0.25) is 0 Å². The van der Waals surface area contributed by atoms with Crippen molar-refractivity contribution < 1.29 is 19.1 Å². The molecule has 2 unspecified atom stereocenters. The number of rotatable bonds is 6. The lowest BCUT2D eigenvalue weighted by Crippen LogP contribution is -2.45. The second-order valence-corrected chi connectivity index (χ2v) is 5.38. The van der Waals surface area contributed by atoms with Crippen LogP contribution >= 0.6 is 0 Å². The van der Waals surface area contributed by atoms with Gasteiger partial charge in [0.1, 0.15) is 12.3 Å². The van der Waals surface area contributed by atoms with Gasteiger partial charge in [0, 0.05) is 6.54 Å². The summed E-state index contributed by atoms with van der Waals surface area (Å²) >= 11 is 0. The zero-order valence-corrected chi connectivity index (χ0v) is 13.1. The first-order valence-corrected chi connectivity index (χ1v) is 7.33. The molecule has 0 aliphatic heterocycles. The number of aryl methyl sites for hydroxylation is 1. The van der Waals surface area contributed by atoms with E-state index in [4.69, 9.17) is 4.42 Å². The van der Waals surface area contributed by atoms with Crippen molar-refractivity contribution in [2.24, 2.45) is 0 Å². The molecule has 122 valence electrons. The van der Waals surface area contributed by atoms with Crippen molar-refractivity contribution in [1.29, 1.82) is 0 Å². The van der Waals surface area contributed by atoms with Crippen LogP contribution in [0.4, 0.5) is 0 Å². The Morgan fingerprint density at radius 3 is 2.52 bits per heavy atom. The number of benzene rings is 1. The van der Waals surface area contributed by atoms with Crippen LogP contribution in [0.5, 0.6) is 0 Å². The van der Waals surface area contributed by atoms with E-state index in [-0.39, 0.29) is 18.4 Å². The minimum atomic E-state index is -0.795. The SMILES string of the molecule is Cc1ccc(C(O)CNC(=O)C(C)NC(=O)c2ccoc2)cc1. The minimum Gasteiger partial charge on any atom is -0.472 e. The predicted octanol–water partition coefficient (Wildman–Crippen LogP) is 1.56. The van der Waals surface area contributed by atoms with E-state index in [0.717, 1.165) is 11.1 Å². The highest BCUT2D eigenvalue weighted by molar-refractivity contribution is 5.97. The molecule has 6 nitrogen and oxygen atoms in total. The van der Waals surface area contributed by atoms with Crippen molar-refractivity contribution >= 4 is 11.8 Å². The molecule has 0 aliphatic carbocycles. The number of aliphatic hydroxyl groups excluding tert-OH is 1. The molecule has 0 fully saturated rings. The number of furan rings is 1. The molecule has 0 bridgehead atoms. The van der Waals surface area contributed by atoms with Gasteiger partial charge < -0.3 is 20.2 Å². The summed E-state index contributed by atoms with van der Waals surface area (Å²) in [5.41, 5.74) is 2.18. The summed E-state index contributed by atoms with van der Waals surface area (Å²) in [5, 5.41) is 15.2. The maximum absolute atomic E-state index is 12.0. The fraction of sp³-hybridized carbons (Fsp3) is 0.294. The number of hydrogen-bond acceptors (Lipinski definition) is 4. The van der Waals surface area contributed by atoms with Gasteiger partial charge in [0.15, 0.2) is 0 Å². The van der Waals surface area contributed by atoms with Gasteiger partial charge in [-0.05, 0) is 25.5 Å². The van der Waals surface area contributed by atoms with E-state index in [1.165, 1.54) is 18.6 Å². The van der Waals surface area contributed by atoms with E-state index in [9.17, 15) is 14.7 Å². The second-order valence-electron chi connectivity index (χ2n) is 5.38. The Hall–Kier alpha value is -2.60. The number of amides is 2. The molecule has 0 aliphatic rings. The fourth-order valence-electron chi connectivity index (χ4n) is 2.00. The quantitative estimate of drug-likeness (QED) is 0.754. The second kappa shape index (κ2) is 7.60. The van der Waals surface area contributed by atoms with Crippen LogP contribution in [0.15, 0.2) is 47.3 Å². The Labute approximate surface area is 134 Å². The molecule has 0 radical (unpaired) electrons. The van der Waals surface area contributed by atoms with Gasteiger partial charge >= 0.3 is 0 Å². The number of nitrogens with one attached hydrogen (secondary N) is 2. The maximum Gasteiger partial charge on any atom is 0.255 e. The number of carbonyl (C=O) groups is 2. The van der Waals surface area contributed by atoms with Gasteiger partial charge in [-0.2, -0.15) is 0 Å². The molecule has 23 heavy (non-hydrogen) atoms. The number of hydrogen-bond donors (Lipinski definition) is 3. The molecule has 2 atom stereocenters. The molecular weight excluding hydrogens is 296 g/mol. The summed E-state index contributed by atoms with van der Waals surface area (Å²) in [5.74, 6) is -0.756. The first-order valence-electron chi connectivity index (χ1n) is 7.33. The van der Waals surface area contributed by atoms with Crippen LogP contribution < -0.4 is 10.6 Å². The van der Waals surface area contributed by atoms with Crippen molar-refractivity contribution in [3.8, 4) is 0 Å². The molecule has 0 saturated heterocycles. The lowest BCUT2D eigenvalue weighted by molar-refractivity contribution is -0.123. The summed E-state index contributed by atoms with van der Waals surface area (Å²) in [7, 11) is 0. The Morgan fingerprint density at radius 1 is 1.22 bits per heavy atom. The third-order valence-corrected chi connectivity index (χ3v) is 3.46. The lowest BCUT2D eigenvalue weighted by atomic mass is 10.1. The predicted molar refractivity (Wildman–Crippen MR) is 84.8 cm³/mol. The Morgan fingerprint density at radius 2 is 1.91 bits per heavy atom. The molecule has 6 heteroatoms. The molecule has 2 rings (SSSR count). The van der Waals surface area contributed by atoms with Crippen LogP contribution in [-0.2, 0) is 4.79 Å². The first kappa shape index (κ1) is 16.8. The smallest absolute Gasteiger partial charge is 0.255 e. The van der Waals surface area contributed by atoms with E-state index >= 15 is 0 Å². The normalized spacial score (nSPS) is 13.2. The van der Waals surface area contributed by atoms with E-state index in [1.54, 1.807) is 6.92 Å². The van der Waals surface area contributed by atoms with Gasteiger partial charge in [-0.1, -0.05) is 29.8 Å². The summed E-state index contributed by atoms with van der Waals surface area (Å²) in [6.07, 6.45) is 1.90. The average Bonchev–Trinajstić information content (AvgIpc) is 3.07. The number of aliphatic hydroxyl groups is 1. The summed E-state index contributed by atoms with van der Waals surface area (Å²) in [6.45, 7) is 3.61. The van der Waals surface area contributed by atoms with Crippen molar-refractivity contribution in [3.05, 3.63) is 59.5 Å². The summed E-state index contributed by atoms with van der Waals surface area (Å²) < 4.78 is 4.82. The van der Waals surface area contributed by atoms with E-state index in [0.29, 0.717) is 5.56 Å². The van der Waals surface area contributed by atoms with Gasteiger partial charge in [0.25, 0.3) is 5.91 Å². The lowest BCUT2D eigenvalue weighted by Gasteiger charge is -2.16. The highest BCUT2D eigenvalue weighted by Crippen LogP contribution is 2.12. The fourth-order valence-corrected chi connectivity index (χ4v) is 2.00. The van der Waals surface area contributed by atoms with Crippen molar-refractivity contribution in [2.45, 2.75) is 26.0 Å². The molecule has 0 spiro atoms. The van der Waals surface area contributed by atoms with E-state index in [2.05, 4.69) is 10.6 Å². The Balaban J connectivity index is 1.81. The minimum absolute atomic E-state index is 0.0772. The molecule has 2 aromatic rings. The van der Waals surface area contributed by atoms with Gasteiger partial charge in [-0.3, -0.25) is 9.59 Å². The molecular formula is C17H20N2O4. The third kappa shape index (κ3) is 4.69. The number of carbonyl (C=O) groups excluding carboxylic acids is 2. The first-order chi connectivity index (χ1) is 11.0. The van der Waals surface area contributed by atoms with Gasteiger partial charge in [0.05, 0.1) is 17.9 Å². The van der Waals surface area contributed by atoms with E-state index < -0.39 is 12.1 Å². The zero-order chi connectivity index (χ0) is 16.8. The monoisotopic (exact) mass is 316 g/mol. The zero-order valence-electron chi connectivity index (χ0n) is 13.1. The standard InChI is InChI=1S/C17H20N2O4/c1-11-3-5-13(6-4-11)15(20)9-18-16(21)12(2)19-17(22)14-7-8-23-10-14/h3-8,10,12,15,20H,9H2,1-2H3,(H,18,21)(H,19,22). The van der Waals surface area contributed by atoms with Crippen molar-refractivity contribution in [3.63, 3.8) is 0 Å². The molecule has 1 aromatic carbocycles. The third-order valence-electron chi connectivity index (χ3n) is 3.46. The summed E-state index contributed by atoms with van der Waals surface area (Å²) in [6, 6.07) is 8.22. The van der Waals surface area contributed by atoms with Crippen LogP contribution in [0.25, 0.3) is 0 Å². The average molecular weight is 316 g/mol. The van der Waals surface area contributed by atoms with Crippen LogP contribution in [0.1, 0.15) is 34.5 Å². The summed E-state index contributed by atoms with van der Waals surface area (Å²) in [4.78, 5) is 23.8. The Bertz CT molecular complexity index is 650. The molecule has 3 N–H and O–H groups in total. The van der Waals surface area contributed by atoms with Crippen molar-refractivity contribution in [2.75, 3.05) is 6.54 Å². The van der Waals surface area contributed by atoms with Gasteiger partial charge in [-0.15, -0.1) is 0 Å². The van der Waals surface area contributed by atoms with Crippen molar-refractivity contribution in [1.82, 2.24) is 10.6 Å². The molecule has 1 heterocycles. The highest BCUT2D eigenvalue weighted by Gasteiger charge is 2.18. The topological polar surface area (TPSA) is 91.6 Å². The molecule has 0 saturated carbocycles. The van der Waals surface area contributed by atoms with Crippen LogP contribution in [0.3, 0.4) is 0 Å². The van der Waals surface area contributed by atoms with E-state index in [1.807, 2.05) is 31.2 Å². The van der Waals surface area contributed by atoms with Gasteiger partial charge in [-0.25, -0.2) is 0 Å². The van der Waals surface area contributed by atoms with Gasteiger partial charge in [0.2, 0.25) is 5.91 Å². The maximum atomic E-state index is 12.0. The van der Waals surface area contributed by atoms with Crippen LogP contribution in [-0.4, -0.2) is 29.5 Å². The molecule has 2 amide bonds.